The van der Waals surface area contributed by atoms with Crippen LogP contribution in [0.4, 0.5) is 81.1 Å². The molecular weight excluding hydrogens is 1760 g/mol. The number of amides is 10. The second kappa shape index (κ2) is 45.3. The highest BCUT2D eigenvalue weighted by Crippen LogP contribution is 2.42. The molecule has 8 unspecified atom stereocenters. The number of halogens is 13. The summed E-state index contributed by atoms with van der Waals surface area (Å²) in [6, 6.07) is 55.4. The van der Waals surface area contributed by atoms with Gasteiger partial charge in [-0.05, 0) is 175 Å². The van der Waals surface area contributed by atoms with E-state index in [0.29, 0.717) is 85.8 Å². The van der Waals surface area contributed by atoms with Crippen LogP contribution < -0.4 is 62.1 Å². The number of alkyl halides is 5. The maximum atomic E-state index is 13.9. The molecule has 0 aromatic heterocycles. The maximum Gasteiger partial charge on any atom is 0.418 e. The Morgan fingerprint density at radius 3 is 1.10 bits per heavy atom. The number of carbonyl (C=O) groups excluding carboxylic acids is 10. The number of hydrogen-bond donors (Lipinski definition) is 9. The van der Waals surface area contributed by atoms with E-state index in [1.807, 2.05) is 42.5 Å². The second-order valence-corrected chi connectivity index (χ2v) is 31.4. The van der Waals surface area contributed by atoms with Gasteiger partial charge in [0, 0.05) is 79.9 Å². The first-order valence-electron chi connectivity index (χ1n) is 41.4. The van der Waals surface area contributed by atoms with Crippen molar-refractivity contribution in [3.8, 4) is 17.2 Å². The lowest BCUT2D eigenvalue weighted by Crippen LogP contribution is -2.47. The number of para-hydroxylation sites is 3. The Balaban J connectivity index is 0.000000159. The molecule has 10 aromatic carbocycles. The highest BCUT2D eigenvalue weighted by Gasteiger charge is 2.46. The van der Waals surface area contributed by atoms with Gasteiger partial charge in [-0.2, -0.15) is 13.2 Å². The third-order valence-electron chi connectivity index (χ3n) is 22.7. The van der Waals surface area contributed by atoms with Crippen LogP contribution in [0.5, 0.6) is 17.2 Å². The molecule has 5 saturated heterocycles. The third kappa shape index (κ3) is 24.6. The molecule has 0 radical (unpaired) electrons. The molecule has 9 N–H and O–H groups in total. The van der Waals surface area contributed by atoms with Gasteiger partial charge in [0.05, 0.1) is 55.3 Å². The summed E-state index contributed by atoms with van der Waals surface area (Å²) in [5.74, 6) is -19.5. The standard InChI is InChI=1S/C20H19F3N2O3.C20H21FN2O3.C19H15F5N2O2.C19H19FN2O3.C18H15ClF2N2O2/c1-28-13-6-4-5-12(11-13)14-9-10-24-18(26)17(14)19(27)25-16-8-3-2-7-15(16)20(21,22)23;1-23-11-10-15(13-6-5-7-14(12-13)26-2)18(20(23)25)19(24)22-17-9-4-3-8-16(17)21;20-12-4-5-13(16(22)15(12)21)26-19(28)14-11(6-7-25-18(14)27)9-2-1-3-10(8-9)17(23)24;1-25-13-6-4-5-12(11-13)14-9-10-21-18(23)17(14)19(24)22-16-8-3-2-7-15(16)20;19-11-4-1-3-10(9-11)12-7-8-22-17(24)15(12)18(25)23-14-6-2-5-13(20)16(14)21/h2-8,11,14,17H,9-10H2,1H3,(H,24,26)(H,25,27);3-9,12,15,18H,10-11H2,1-2H3,(H,22,24);1-5,8,11,14,17H,6-7H2,(H,25,27)(H,26,28);2-8,11,14,17H,9-10H2,1H3,(H,21,23)(H,22,24);1-6,9,12,15H,7-8H2,(H,22,24)(H,23,25)/t;;;;12-,15-/m....1/s1. The monoisotopic (exact) mass is 1850 g/mol. The Hall–Kier alpha value is -14.3. The summed E-state index contributed by atoms with van der Waals surface area (Å²) >= 11 is 6.00. The zero-order chi connectivity index (χ0) is 95.2. The predicted molar refractivity (Wildman–Crippen MR) is 466 cm³/mol. The minimum atomic E-state index is -4.62. The van der Waals surface area contributed by atoms with Gasteiger partial charge in [-0.3, -0.25) is 47.9 Å². The van der Waals surface area contributed by atoms with Gasteiger partial charge in [0.25, 0.3) is 6.43 Å². The normalized spacial score (nSPS) is 19.8. The molecule has 10 aromatic rings. The van der Waals surface area contributed by atoms with Gasteiger partial charge in [-0.25, -0.2) is 39.5 Å². The van der Waals surface area contributed by atoms with E-state index >= 15 is 0 Å². The van der Waals surface area contributed by atoms with Crippen LogP contribution in [0.3, 0.4) is 0 Å². The Bertz CT molecular complexity index is 5870. The van der Waals surface area contributed by atoms with E-state index in [1.165, 1.54) is 92.0 Å². The smallest absolute Gasteiger partial charge is 0.418 e. The summed E-state index contributed by atoms with van der Waals surface area (Å²) < 4.78 is 176. The van der Waals surface area contributed by atoms with Crippen molar-refractivity contribution in [3.63, 3.8) is 0 Å². The first-order valence-corrected chi connectivity index (χ1v) is 41.7. The number of ether oxygens (including phenoxy) is 3. The average Bonchev–Trinajstić information content (AvgIpc) is 0.753. The minimum Gasteiger partial charge on any atom is -0.497 e. The Morgan fingerprint density at radius 2 is 0.689 bits per heavy atom. The summed E-state index contributed by atoms with van der Waals surface area (Å²) in [6.07, 6.45) is -4.77. The van der Waals surface area contributed by atoms with E-state index in [0.717, 1.165) is 40.5 Å². The molecule has 10 atom stereocenters. The fraction of sp³-hybridized carbons (Fsp3) is 0.271. The number of nitrogens with zero attached hydrogens (tertiary/aromatic N) is 1. The van der Waals surface area contributed by atoms with Gasteiger partial charge in [-0.1, -0.05) is 121 Å². The summed E-state index contributed by atoms with van der Waals surface area (Å²) in [5, 5.41) is 22.8. The highest BCUT2D eigenvalue weighted by atomic mass is 35.5. The molecule has 0 bridgehead atoms. The van der Waals surface area contributed by atoms with Crippen LogP contribution in [0.1, 0.15) is 107 Å². The van der Waals surface area contributed by atoms with Crippen LogP contribution in [-0.2, 0) is 54.1 Å². The Labute approximate surface area is 754 Å². The van der Waals surface area contributed by atoms with Gasteiger partial charge < -0.3 is 67.0 Å². The number of benzene rings is 10. The van der Waals surface area contributed by atoms with Gasteiger partial charge >= 0.3 is 6.18 Å². The first kappa shape index (κ1) is 98.3. The lowest BCUT2D eigenvalue weighted by atomic mass is 9.79. The van der Waals surface area contributed by atoms with Crippen molar-refractivity contribution in [1.29, 1.82) is 0 Å². The molecule has 5 aliphatic rings. The molecule has 5 heterocycles. The summed E-state index contributed by atoms with van der Waals surface area (Å²) in [5.41, 5.74) is 1.17. The number of methoxy groups -OCH3 is 3. The molecular formula is C96H89ClF12N10O13. The van der Waals surface area contributed by atoms with Crippen molar-refractivity contribution in [3.05, 3.63) is 309 Å². The number of nitrogens with one attached hydrogen (secondary N) is 9. The number of hydrogen-bond acceptors (Lipinski definition) is 13. The number of rotatable bonds is 19. The molecule has 132 heavy (non-hydrogen) atoms. The number of likely N-dealkylation sites (tertiary alicyclic amines) is 1. The zero-order valence-corrected chi connectivity index (χ0v) is 71.7. The molecule has 692 valence electrons. The third-order valence-corrected chi connectivity index (χ3v) is 22.9. The van der Waals surface area contributed by atoms with Crippen molar-refractivity contribution >= 4 is 99.1 Å². The number of piperidine rings is 5. The number of carbonyl (C=O) groups is 10. The van der Waals surface area contributed by atoms with Crippen LogP contribution in [0, 0.1) is 70.3 Å². The maximum absolute atomic E-state index is 13.9. The SMILES string of the molecule is COc1cccc(C2CCN(C)C(=O)C2C(=O)Nc2ccccc2F)c1.COc1cccc(C2CCNC(=O)C2C(=O)Nc2ccccc2C(F)(F)F)c1.COc1cccc(C2CCNC(=O)C2C(=O)Nc2ccccc2F)c1.O=C1NCCC(c2cccc(C(F)F)c2)C1C(=O)Nc1ccc(F)c(F)c1F.O=C1NCC[C@H](c2cccc(Cl)c2)[C@H]1C(=O)Nc1cccc(F)c1F. The minimum absolute atomic E-state index is 0.0651. The van der Waals surface area contributed by atoms with Crippen LogP contribution >= 0.6 is 11.6 Å². The Morgan fingerprint density at radius 1 is 0.364 bits per heavy atom. The first-order chi connectivity index (χ1) is 63.2. The molecule has 0 aliphatic carbocycles. The van der Waals surface area contributed by atoms with Crippen LogP contribution in [0.2, 0.25) is 5.02 Å². The zero-order valence-electron chi connectivity index (χ0n) is 71.0. The van der Waals surface area contributed by atoms with Crippen molar-refractivity contribution in [2.75, 3.05) is 87.7 Å². The summed E-state index contributed by atoms with van der Waals surface area (Å²) in [4.78, 5) is 127. The van der Waals surface area contributed by atoms with Gasteiger partial charge in [0.2, 0.25) is 59.1 Å². The molecule has 0 spiro atoms. The van der Waals surface area contributed by atoms with Crippen LogP contribution in [-0.4, -0.2) is 125 Å². The van der Waals surface area contributed by atoms with Crippen LogP contribution in [0.15, 0.2) is 224 Å². The molecule has 5 fully saturated rings. The van der Waals surface area contributed by atoms with Crippen molar-refractivity contribution < 1.29 is 115 Å². The summed E-state index contributed by atoms with van der Waals surface area (Å²) in [7, 11) is 6.31. The molecule has 10 amide bonds. The second-order valence-electron chi connectivity index (χ2n) is 30.9. The summed E-state index contributed by atoms with van der Waals surface area (Å²) in [6.45, 7) is 2.08. The largest absolute Gasteiger partial charge is 0.497 e. The quantitative estimate of drug-likeness (QED) is 0.0207. The van der Waals surface area contributed by atoms with E-state index in [4.69, 9.17) is 25.8 Å². The fourth-order valence-corrected chi connectivity index (χ4v) is 16.3. The van der Waals surface area contributed by atoms with Crippen LogP contribution in [0.25, 0.3) is 0 Å². The van der Waals surface area contributed by atoms with Crippen molar-refractivity contribution in [2.24, 2.45) is 29.6 Å². The number of anilines is 5. The molecule has 23 nitrogen and oxygen atoms in total. The molecule has 36 heteroatoms. The van der Waals surface area contributed by atoms with Gasteiger partial charge in [0.15, 0.2) is 29.1 Å². The van der Waals surface area contributed by atoms with Crippen molar-refractivity contribution in [1.82, 2.24) is 26.2 Å². The Kier molecular flexibility index (Phi) is 33.8. The van der Waals surface area contributed by atoms with E-state index in [1.54, 1.807) is 99.0 Å². The lowest BCUT2D eigenvalue weighted by Gasteiger charge is -2.35. The topological polar surface area (TPSA) is 310 Å². The van der Waals surface area contributed by atoms with Gasteiger partial charge in [-0.15, -0.1) is 0 Å². The van der Waals surface area contributed by atoms with Crippen molar-refractivity contribution in [2.45, 2.75) is 74.3 Å². The van der Waals surface area contributed by atoms with E-state index < -0.39 is 159 Å². The highest BCUT2D eigenvalue weighted by molar-refractivity contribution is 6.30. The predicted octanol–water partition coefficient (Wildman–Crippen LogP) is 16.7. The lowest BCUT2D eigenvalue weighted by molar-refractivity contribution is -0.143. The average molecular weight is 1850 g/mol. The van der Waals surface area contributed by atoms with Gasteiger partial charge in [0.1, 0.15) is 58.5 Å². The van der Waals surface area contributed by atoms with E-state index in [-0.39, 0.29) is 64.9 Å². The molecule has 0 saturated carbocycles. The molecule has 5 aliphatic heterocycles. The van der Waals surface area contributed by atoms with E-state index in [2.05, 4.69) is 47.9 Å². The fourth-order valence-electron chi connectivity index (χ4n) is 16.1. The van der Waals surface area contributed by atoms with E-state index in [9.17, 15) is 101 Å². The molecule has 15 rings (SSSR count).